The van der Waals surface area contributed by atoms with Gasteiger partial charge < -0.3 is 4.74 Å². The van der Waals surface area contributed by atoms with Crippen molar-refractivity contribution in [2.75, 3.05) is 4.90 Å². The maximum atomic E-state index is 12.9. The van der Waals surface area contributed by atoms with Gasteiger partial charge in [0.1, 0.15) is 0 Å². The van der Waals surface area contributed by atoms with Crippen LogP contribution in [0.2, 0.25) is 0 Å². The summed E-state index contributed by atoms with van der Waals surface area (Å²) in [5.74, 6) is -0.328. The second-order valence-electron chi connectivity index (χ2n) is 7.90. The van der Waals surface area contributed by atoms with Crippen LogP contribution in [0.4, 0.5) is 5.69 Å². The van der Waals surface area contributed by atoms with Crippen molar-refractivity contribution in [2.24, 2.45) is 17.8 Å². The fourth-order valence-corrected chi connectivity index (χ4v) is 4.23. The highest BCUT2D eigenvalue weighted by Crippen LogP contribution is 2.44. The summed E-state index contributed by atoms with van der Waals surface area (Å²) in [4.78, 5) is 39.3. The SMILES string of the molecule is CCCCCCC(=O)Oc1ccccc1N1C(=O)C2CCC(C)CC2C1=O. The molecule has 1 saturated carbocycles. The van der Waals surface area contributed by atoms with Crippen LogP contribution >= 0.6 is 0 Å². The Hall–Kier alpha value is -2.17. The van der Waals surface area contributed by atoms with Crippen molar-refractivity contribution in [1.29, 1.82) is 0 Å². The fourth-order valence-electron chi connectivity index (χ4n) is 4.23. The number of fused-ring (bicyclic) bond motifs is 1. The van der Waals surface area contributed by atoms with Gasteiger partial charge in [-0.3, -0.25) is 14.4 Å². The number of anilines is 1. The van der Waals surface area contributed by atoms with Crippen LogP contribution in [0.1, 0.15) is 65.2 Å². The first-order chi connectivity index (χ1) is 13.0. The van der Waals surface area contributed by atoms with E-state index in [2.05, 4.69) is 13.8 Å². The van der Waals surface area contributed by atoms with E-state index in [1.165, 1.54) is 4.90 Å². The third-order valence-electron chi connectivity index (χ3n) is 5.75. The quantitative estimate of drug-likeness (QED) is 0.307. The molecule has 0 spiro atoms. The Balaban J connectivity index is 1.74. The molecule has 27 heavy (non-hydrogen) atoms. The number of carbonyl (C=O) groups excluding carboxylic acids is 3. The maximum absolute atomic E-state index is 12.9. The molecule has 1 aliphatic carbocycles. The van der Waals surface area contributed by atoms with Gasteiger partial charge in [-0.1, -0.05) is 45.2 Å². The zero-order chi connectivity index (χ0) is 19.4. The molecular weight excluding hydrogens is 342 g/mol. The molecule has 5 heteroatoms. The van der Waals surface area contributed by atoms with Gasteiger partial charge >= 0.3 is 5.97 Å². The van der Waals surface area contributed by atoms with E-state index < -0.39 is 0 Å². The predicted octanol–water partition coefficient (Wildman–Crippen LogP) is 4.49. The van der Waals surface area contributed by atoms with Crippen LogP contribution in [0.3, 0.4) is 0 Å². The summed E-state index contributed by atoms with van der Waals surface area (Å²) in [6.07, 6.45) is 6.83. The molecule has 1 heterocycles. The van der Waals surface area contributed by atoms with Crippen LogP contribution in [-0.4, -0.2) is 17.8 Å². The summed E-state index contributed by atoms with van der Waals surface area (Å²) >= 11 is 0. The summed E-state index contributed by atoms with van der Waals surface area (Å²) in [6.45, 7) is 4.25. The zero-order valence-corrected chi connectivity index (χ0v) is 16.3. The number of imide groups is 1. The topological polar surface area (TPSA) is 63.7 Å². The third-order valence-corrected chi connectivity index (χ3v) is 5.75. The Bertz CT molecular complexity index is 714. The largest absolute Gasteiger partial charge is 0.424 e. The zero-order valence-electron chi connectivity index (χ0n) is 16.3. The van der Waals surface area contributed by atoms with Crippen molar-refractivity contribution in [2.45, 2.75) is 65.2 Å². The minimum atomic E-state index is -0.316. The van der Waals surface area contributed by atoms with Crippen LogP contribution in [-0.2, 0) is 14.4 Å². The molecule has 146 valence electrons. The molecule has 3 rings (SSSR count). The number of hydrogen-bond acceptors (Lipinski definition) is 4. The number of unbranched alkanes of at least 4 members (excludes halogenated alkanes) is 3. The van der Waals surface area contributed by atoms with Gasteiger partial charge in [-0.2, -0.15) is 0 Å². The standard InChI is InChI=1S/C22H29NO4/c1-3-4-5-6-11-20(24)27-19-10-8-7-9-18(19)23-21(25)16-13-12-15(2)14-17(16)22(23)26/h7-10,15-17H,3-6,11-14H2,1-2H3. The molecule has 0 aromatic heterocycles. The highest BCUT2D eigenvalue weighted by Gasteiger charge is 2.50. The van der Waals surface area contributed by atoms with Crippen LogP contribution in [0, 0.1) is 17.8 Å². The van der Waals surface area contributed by atoms with Gasteiger partial charge in [0.05, 0.1) is 17.5 Å². The van der Waals surface area contributed by atoms with Gasteiger partial charge in [0, 0.05) is 6.42 Å². The molecule has 5 nitrogen and oxygen atoms in total. The second-order valence-corrected chi connectivity index (χ2v) is 7.90. The Morgan fingerprint density at radius 3 is 2.59 bits per heavy atom. The van der Waals surface area contributed by atoms with E-state index in [4.69, 9.17) is 4.74 Å². The minimum absolute atomic E-state index is 0.150. The molecule has 1 saturated heterocycles. The molecule has 1 aromatic carbocycles. The Morgan fingerprint density at radius 1 is 1.07 bits per heavy atom. The van der Waals surface area contributed by atoms with Crippen molar-refractivity contribution in [3.63, 3.8) is 0 Å². The number of benzene rings is 1. The van der Waals surface area contributed by atoms with E-state index in [1.54, 1.807) is 24.3 Å². The number of ether oxygens (including phenoxy) is 1. The molecule has 3 unspecified atom stereocenters. The predicted molar refractivity (Wildman–Crippen MR) is 103 cm³/mol. The summed E-state index contributed by atoms with van der Waals surface area (Å²) in [6, 6.07) is 6.86. The van der Waals surface area contributed by atoms with Crippen molar-refractivity contribution in [3.05, 3.63) is 24.3 Å². The summed E-state index contributed by atoms with van der Waals surface area (Å²) in [5.41, 5.74) is 0.400. The van der Waals surface area contributed by atoms with Crippen molar-refractivity contribution >= 4 is 23.5 Å². The lowest BCUT2D eigenvalue weighted by Gasteiger charge is -2.25. The third kappa shape index (κ3) is 4.23. The van der Waals surface area contributed by atoms with E-state index in [0.717, 1.165) is 44.9 Å². The normalized spacial score (nSPS) is 24.8. The smallest absolute Gasteiger partial charge is 0.311 e. The molecular formula is C22H29NO4. The molecule has 2 aliphatic rings. The van der Waals surface area contributed by atoms with Gasteiger partial charge in [0.2, 0.25) is 11.8 Å². The fraction of sp³-hybridized carbons (Fsp3) is 0.591. The number of esters is 1. The summed E-state index contributed by atoms with van der Waals surface area (Å²) in [7, 11) is 0. The van der Waals surface area contributed by atoms with Crippen LogP contribution in [0.15, 0.2) is 24.3 Å². The number of rotatable bonds is 7. The van der Waals surface area contributed by atoms with E-state index in [9.17, 15) is 14.4 Å². The summed E-state index contributed by atoms with van der Waals surface area (Å²) < 4.78 is 5.52. The number of para-hydroxylation sites is 2. The molecule has 2 amide bonds. The number of hydrogen-bond donors (Lipinski definition) is 0. The van der Waals surface area contributed by atoms with E-state index in [1.807, 2.05) is 0 Å². The molecule has 3 atom stereocenters. The van der Waals surface area contributed by atoms with Crippen LogP contribution in [0.25, 0.3) is 0 Å². The Kier molecular flexibility index (Phi) is 6.30. The average Bonchev–Trinajstić information content (AvgIpc) is 2.89. The number of amides is 2. The molecule has 2 fully saturated rings. The van der Waals surface area contributed by atoms with Crippen molar-refractivity contribution < 1.29 is 19.1 Å². The average molecular weight is 371 g/mol. The Labute approximate surface area is 161 Å². The lowest BCUT2D eigenvalue weighted by atomic mass is 9.76. The van der Waals surface area contributed by atoms with Gasteiger partial charge in [-0.15, -0.1) is 0 Å². The van der Waals surface area contributed by atoms with E-state index in [-0.39, 0.29) is 29.6 Å². The maximum Gasteiger partial charge on any atom is 0.311 e. The number of carbonyl (C=O) groups is 3. The van der Waals surface area contributed by atoms with Gasteiger partial charge in [-0.25, -0.2) is 4.90 Å². The van der Waals surface area contributed by atoms with E-state index in [0.29, 0.717) is 23.8 Å². The molecule has 0 bridgehead atoms. The highest BCUT2D eigenvalue weighted by molar-refractivity contribution is 6.22. The minimum Gasteiger partial charge on any atom is -0.424 e. The highest BCUT2D eigenvalue weighted by atomic mass is 16.5. The molecule has 0 radical (unpaired) electrons. The molecule has 1 aliphatic heterocycles. The molecule has 0 N–H and O–H groups in total. The first-order valence-electron chi connectivity index (χ1n) is 10.2. The molecule has 1 aromatic rings. The lowest BCUT2D eigenvalue weighted by Crippen LogP contribution is -2.31. The van der Waals surface area contributed by atoms with Crippen LogP contribution in [0.5, 0.6) is 5.75 Å². The van der Waals surface area contributed by atoms with Gasteiger partial charge in [-0.05, 0) is 43.7 Å². The monoisotopic (exact) mass is 371 g/mol. The van der Waals surface area contributed by atoms with Crippen molar-refractivity contribution in [1.82, 2.24) is 0 Å². The van der Waals surface area contributed by atoms with Crippen molar-refractivity contribution in [3.8, 4) is 5.75 Å². The lowest BCUT2D eigenvalue weighted by molar-refractivity contribution is -0.134. The Morgan fingerprint density at radius 2 is 1.81 bits per heavy atom. The first kappa shape index (κ1) is 19.6. The number of nitrogens with zero attached hydrogens (tertiary/aromatic N) is 1. The summed E-state index contributed by atoms with van der Waals surface area (Å²) in [5, 5.41) is 0. The van der Waals surface area contributed by atoms with Gasteiger partial charge in [0.25, 0.3) is 0 Å². The second kappa shape index (κ2) is 8.68. The van der Waals surface area contributed by atoms with Gasteiger partial charge in [0.15, 0.2) is 5.75 Å². The first-order valence-corrected chi connectivity index (χ1v) is 10.2. The van der Waals surface area contributed by atoms with Crippen LogP contribution < -0.4 is 9.64 Å². The van der Waals surface area contributed by atoms with E-state index >= 15 is 0 Å².